The summed E-state index contributed by atoms with van der Waals surface area (Å²) in [5.74, 6) is -0.671. The molecule has 0 aliphatic carbocycles. The molecule has 1 amide bonds. The zero-order valence-corrected chi connectivity index (χ0v) is 20.5. The SMILES string of the molecule is COc1ccc(CCn2c(C)cc(C(=O)COC(=O)/C(=C/c3ccccc3)NC(C)=O)c2C)cc1. The number of hydrogen-bond acceptors (Lipinski definition) is 5. The Bertz CT molecular complexity index is 1220. The molecular weight excluding hydrogens is 444 g/mol. The third kappa shape index (κ3) is 6.93. The van der Waals surface area contributed by atoms with Gasteiger partial charge >= 0.3 is 5.97 Å². The number of aromatic nitrogens is 1. The van der Waals surface area contributed by atoms with Crippen LogP contribution in [0.15, 0.2) is 66.4 Å². The van der Waals surface area contributed by atoms with Crippen LogP contribution in [0.5, 0.6) is 5.75 Å². The van der Waals surface area contributed by atoms with Crippen molar-refractivity contribution in [2.24, 2.45) is 0 Å². The van der Waals surface area contributed by atoms with Gasteiger partial charge in [0.25, 0.3) is 0 Å². The number of rotatable bonds is 10. The average molecular weight is 475 g/mol. The van der Waals surface area contributed by atoms with E-state index >= 15 is 0 Å². The molecule has 7 heteroatoms. The summed E-state index contributed by atoms with van der Waals surface area (Å²) in [5, 5.41) is 2.48. The second-order valence-corrected chi connectivity index (χ2v) is 8.18. The van der Waals surface area contributed by atoms with E-state index in [9.17, 15) is 14.4 Å². The van der Waals surface area contributed by atoms with E-state index in [0.29, 0.717) is 12.1 Å². The number of benzene rings is 2. The van der Waals surface area contributed by atoms with Crippen LogP contribution in [0.4, 0.5) is 0 Å². The molecule has 7 nitrogen and oxygen atoms in total. The molecule has 3 aromatic rings. The summed E-state index contributed by atoms with van der Waals surface area (Å²) in [6.07, 6.45) is 2.31. The van der Waals surface area contributed by atoms with Crippen LogP contribution in [0, 0.1) is 13.8 Å². The highest BCUT2D eigenvalue weighted by molar-refractivity contribution is 6.02. The summed E-state index contributed by atoms with van der Waals surface area (Å²) in [6, 6.07) is 18.8. The summed E-state index contributed by atoms with van der Waals surface area (Å²) >= 11 is 0. The predicted molar refractivity (Wildman–Crippen MR) is 134 cm³/mol. The fourth-order valence-corrected chi connectivity index (χ4v) is 3.80. The van der Waals surface area contributed by atoms with E-state index in [4.69, 9.17) is 9.47 Å². The standard InChI is InChI=1S/C28H30N2O5/c1-19-16-25(20(2)30(19)15-14-22-10-12-24(34-4)13-11-22)27(32)18-35-28(33)26(29-21(3)31)17-23-8-6-5-7-9-23/h5-13,16-17H,14-15,18H2,1-4H3,(H,29,31)/b26-17-. The highest BCUT2D eigenvalue weighted by Gasteiger charge is 2.19. The molecule has 0 unspecified atom stereocenters. The minimum Gasteiger partial charge on any atom is -0.497 e. The van der Waals surface area contributed by atoms with Crippen molar-refractivity contribution in [3.05, 3.63) is 94.4 Å². The summed E-state index contributed by atoms with van der Waals surface area (Å²) in [6.45, 7) is 5.42. The summed E-state index contributed by atoms with van der Waals surface area (Å²) in [5.41, 5.74) is 4.14. The lowest BCUT2D eigenvalue weighted by atomic mass is 10.1. The van der Waals surface area contributed by atoms with E-state index < -0.39 is 18.5 Å². The van der Waals surface area contributed by atoms with Crippen molar-refractivity contribution >= 4 is 23.7 Å². The molecule has 0 atom stereocenters. The topological polar surface area (TPSA) is 86.6 Å². The van der Waals surface area contributed by atoms with Crippen LogP contribution in [0.2, 0.25) is 0 Å². The van der Waals surface area contributed by atoms with Gasteiger partial charge in [0.1, 0.15) is 11.4 Å². The van der Waals surface area contributed by atoms with Gasteiger partial charge in [-0.15, -0.1) is 0 Å². The Morgan fingerprint density at radius 2 is 1.69 bits per heavy atom. The molecule has 0 fully saturated rings. The number of aryl methyl sites for hydroxylation is 2. The maximum absolute atomic E-state index is 12.9. The first-order valence-corrected chi connectivity index (χ1v) is 11.3. The number of amides is 1. The van der Waals surface area contributed by atoms with Gasteiger partial charge in [-0.3, -0.25) is 9.59 Å². The molecule has 0 aliphatic rings. The van der Waals surface area contributed by atoms with Crippen LogP contribution >= 0.6 is 0 Å². The van der Waals surface area contributed by atoms with Crippen molar-refractivity contribution < 1.29 is 23.9 Å². The van der Waals surface area contributed by atoms with E-state index in [2.05, 4.69) is 9.88 Å². The molecule has 3 rings (SSSR count). The summed E-state index contributed by atoms with van der Waals surface area (Å²) in [7, 11) is 1.64. The van der Waals surface area contributed by atoms with Gasteiger partial charge in [-0.05, 0) is 55.7 Å². The van der Waals surface area contributed by atoms with Crippen molar-refractivity contribution in [3.63, 3.8) is 0 Å². The zero-order chi connectivity index (χ0) is 25.4. The van der Waals surface area contributed by atoms with Crippen LogP contribution in [-0.4, -0.2) is 35.9 Å². The number of carbonyl (C=O) groups excluding carboxylic acids is 3. The molecule has 2 aromatic carbocycles. The number of nitrogens with zero attached hydrogens (tertiary/aromatic N) is 1. The number of Topliss-reactive ketones (excluding diaryl/α,β-unsaturated/α-hetero) is 1. The molecule has 35 heavy (non-hydrogen) atoms. The summed E-state index contributed by atoms with van der Waals surface area (Å²) < 4.78 is 12.5. The monoisotopic (exact) mass is 474 g/mol. The third-order valence-corrected chi connectivity index (χ3v) is 5.63. The largest absolute Gasteiger partial charge is 0.497 e. The number of nitrogens with one attached hydrogen (secondary N) is 1. The lowest BCUT2D eigenvalue weighted by Gasteiger charge is -2.11. The fourth-order valence-electron chi connectivity index (χ4n) is 3.80. The van der Waals surface area contributed by atoms with E-state index in [1.54, 1.807) is 19.2 Å². The second kappa shape index (κ2) is 11.8. The number of carbonyl (C=O) groups is 3. The third-order valence-electron chi connectivity index (χ3n) is 5.63. The Morgan fingerprint density at radius 1 is 1.00 bits per heavy atom. The Balaban J connectivity index is 1.66. The Labute approximate surface area is 205 Å². The second-order valence-electron chi connectivity index (χ2n) is 8.18. The van der Waals surface area contributed by atoms with Crippen LogP contribution < -0.4 is 10.1 Å². The van der Waals surface area contributed by atoms with Gasteiger partial charge in [0.15, 0.2) is 6.61 Å². The molecule has 1 aromatic heterocycles. The van der Waals surface area contributed by atoms with Gasteiger partial charge in [-0.25, -0.2) is 4.79 Å². The van der Waals surface area contributed by atoms with Gasteiger partial charge in [-0.2, -0.15) is 0 Å². The smallest absolute Gasteiger partial charge is 0.355 e. The number of ketones is 1. The van der Waals surface area contributed by atoms with Crippen molar-refractivity contribution in [3.8, 4) is 5.75 Å². The van der Waals surface area contributed by atoms with Gasteiger partial charge in [0.2, 0.25) is 11.7 Å². The lowest BCUT2D eigenvalue weighted by Crippen LogP contribution is -2.27. The lowest BCUT2D eigenvalue weighted by molar-refractivity contribution is -0.139. The van der Waals surface area contributed by atoms with E-state index in [-0.39, 0.29) is 11.5 Å². The van der Waals surface area contributed by atoms with Crippen LogP contribution in [0.25, 0.3) is 6.08 Å². The zero-order valence-electron chi connectivity index (χ0n) is 20.5. The van der Waals surface area contributed by atoms with E-state index in [1.807, 2.05) is 62.4 Å². The average Bonchev–Trinajstić information content (AvgIpc) is 3.14. The first-order valence-electron chi connectivity index (χ1n) is 11.3. The van der Waals surface area contributed by atoms with Crippen molar-refractivity contribution in [1.82, 2.24) is 9.88 Å². The van der Waals surface area contributed by atoms with E-state index in [1.165, 1.54) is 13.0 Å². The van der Waals surface area contributed by atoms with Crippen LogP contribution in [0.3, 0.4) is 0 Å². The highest BCUT2D eigenvalue weighted by atomic mass is 16.5. The van der Waals surface area contributed by atoms with Crippen LogP contribution in [-0.2, 0) is 27.3 Å². The quantitative estimate of drug-likeness (QED) is 0.270. The van der Waals surface area contributed by atoms with Gasteiger partial charge in [-0.1, -0.05) is 42.5 Å². The molecule has 1 N–H and O–H groups in total. The number of methoxy groups -OCH3 is 1. The van der Waals surface area contributed by atoms with Gasteiger partial charge in [0, 0.05) is 30.4 Å². The van der Waals surface area contributed by atoms with Gasteiger partial charge in [0.05, 0.1) is 7.11 Å². The predicted octanol–water partition coefficient (Wildman–Crippen LogP) is 4.26. The number of ether oxygens (including phenoxy) is 2. The fraction of sp³-hybridized carbons (Fsp3) is 0.250. The molecule has 0 bridgehead atoms. The molecule has 182 valence electrons. The molecule has 0 radical (unpaired) electrons. The number of hydrogen-bond donors (Lipinski definition) is 1. The molecule has 0 saturated heterocycles. The van der Waals surface area contributed by atoms with E-state index in [0.717, 1.165) is 34.7 Å². The Kier molecular flexibility index (Phi) is 8.62. The molecule has 1 heterocycles. The minimum absolute atomic E-state index is 0.0264. The van der Waals surface area contributed by atoms with Crippen molar-refractivity contribution in [2.75, 3.05) is 13.7 Å². The maximum Gasteiger partial charge on any atom is 0.355 e. The maximum atomic E-state index is 12.9. The summed E-state index contributed by atoms with van der Waals surface area (Å²) in [4.78, 5) is 37.0. The highest BCUT2D eigenvalue weighted by Crippen LogP contribution is 2.18. The van der Waals surface area contributed by atoms with Crippen molar-refractivity contribution in [1.29, 1.82) is 0 Å². The first kappa shape index (κ1) is 25.5. The van der Waals surface area contributed by atoms with Crippen molar-refractivity contribution in [2.45, 2.75) is 33.7 Å². The number of esters is 1. The Hall–Kier alpha value is -4.13. The minimum atomic E-state index is -0.772. The molecule has 0 aliphatic heterocycles. The molecular formula is C28H30N2O5. The van der Waals surface area contributed by atoms with Crippen LogP contribution in [0.1, 0.15) is 39.8 Å². The first-order chi connectivity index (χ1) is 16.8. The molecule has 0 spiro atoms. The van der Waals surface area contributed by atoms with Gasteiger partial charge < -0.3 is 19.4 Å². The molecule has 0 saturated carbocycles. The normalized spacial score (nSPS) is 11.1. The Morgan fingerprint density at radius 3 is 2.31 bits per heavy atom.